The second-order valence-electron chi connectivity index (χ2n) is 6.91. The lowest BCUT2D eigenvalue weighted by Gasteiger charge is -2.19. The number of carbonyl (C=O) groups excluding carboxylic acids is 1. The van der Waals surface area contributed by atoms with Crippen molar-refractivity contribution >= 4 is 17.0 Å². The average molecular weight is 353 g/mol. The summed E-state index contributed by atoms with van der Waals surface area (Å²) >= 11 is 0. The minimum Gasteiger partial charge on any atom is -0.439 e. The Morgan fingerprint density at radius 2 is 2.12 bits per heavy atom. The van der Waals surface area contributed by atoms with Crippen LogP contribution in [0.15, 0.2) is 33.2 Å². The van der Waals surface area contributed by atoms with Gasteiger partial charge >= 0.3 is 0 Å². The number of carbonyl (C=O) groups is 1. The van der Waals surface area contributed by atoms with E-state index in [4.69, 9.17) is 8.94 Å². The summed E-state index contributed by atoms with van der Waals surface area (Å²) < 4.78 is 11.2. The highest BCUT2D eigenvalue weighted by Crippen LogP contribution is 2.32. The number of hydrogen-bond acceptors (Lipinski definition) is 7. The van der Waals surface area contributed by atoms with E-state index in [2.05, 4.69) is 25.3 Å². The summed E-state index contributed by atoms with van der Waals surface area (Å²) in [5, 5.41) is 6.73. The predicted octanol–water partition coefficient (Wildman–Crippen LogP) is 2.44. The number of nitrogens with one attached hydrogen (secondary N) is 1. The Morgan fingerprint density at radius 1 is 1.23 bits per heavy atom. The Morgan fingerprint density at radius 3 is 2.96 bits per heavy atom. The monoisotopic (exact) mass is 353 g/mol. The first-order valence-corrected chi connectivity index (χ1v) is 8.99. The van der Waals surface area contributed by atoms with Crippen molar-refractivity contribution in [3.8, 4) is 0 Å². The SMILES string of the molecule is O=C(NC1CC1)c1noc(C2CCCN2Cc2nc3ccccc3o2)n1. The first kappa shape index (κ1) is 15.5. The summed E-state index contributed by atoms with van der Waals surface area (Å²) in [6, 6.07) is 7.98. The molecule has 5 rings (SSSR count). The van der Waals surface area contributed by atoms with Gasteiger partial charge in [-0.25, -0.2) is 4.98 Å². The lowest BCUT2D eigenvalue weighted by molar-refractivity contribution is 0.0937. The summed E-state index contributed by atoms with van der Waals surface area (Å²) in [6.07, 6.45) is 3.98. The van der Waals surface area contributed by atoms with E-state index in [0.29, 0.717) is 18.3 Å². The van der Waals surface area contributed by atoms with Crippen LogP contribution in [0.4, 0.5) is 0 Å². The van der Waals surface area contributed by atoms with Gasteiger partial charge in [0, 0.05) is 6.04 Å². The van der Waals surface area contributed by atoms with Crippen molar-refractivity contribution < 1.29 is 13.7 Å². The number of para-hydroxylation sites is 2. The van der Waals surface area contributed by atoms with Crippen LogP contribution in [-0.2, 0) is 6.54 Å². The number of amides is 1. The highest BCUT2D eigenvalue weighted by atomic mass is 16.5. The lowest BCUT2D eigenvalue weighted by Crippen LogP contribution is -2.27. The zero-order valence-corrected chi connectivity index (χ0v) is 14.2. The minimum atomic E-state index is -0.258. The van der Waals surface area contributed by atoms with Crippen LogP contribution < -0.4 is 5.32 Å². The van der Waals surface area contributed by atoms with Crippen molar-refractivity contribution in [3.63, 3.8) is 0 Å². The second kappa shape index (κ2) is 6.21. The topological polar surface area (TPSA) is 97.3 Å². The number of oxazole rings is 1. The molecule has 26 heavy (non-hydrogen) atoms. The molecule has 3 heterocycles. The van der Waals surface area contributed by atoms with Crippen molar-refractivity contribution in [2.75, 3.05) is 6.54 Å². The van der Waals surface area contributed by atoms with Gasteiger partial charge in [0.15, 0.2) is 5.58 Å². The molecule has 2 aliphatic rings. The molecule has 1 amide bonds. The molecule has 8 nitrogen and oxygen atoms in total. The maximum absolute atomic E-state index is 12.1. The van der Waals surface area contributed by atoms with Crippen LogP contribution in [0.3, 0.4) is 0 Å². The zero-order valence-electron chi connectivity index (χ0n) is 14.2. The van der Waals surface area contributed by atoms with E-state index >= 15 is 0 Å². The fourth-order valence-corrected chi connectivity index (χ4v) is 3.40. The molecule has 1 saturated heterocycles. The molecule has 1 aliphatic heterocycles. The molecule has 0 radical (unpaired) electrons. The molecular formula is C18H19N5O3. The summed E-state index contributed by atoms with van der Waals surface area (Å²) in [6.45, 7) is 1.47. The Labute approximate surface area is 149 Å². The summed E-state index contributed by atoms with van der Waals surface area (Å²) in [7, 11) is 0. The van der Waals surface area contributed by atoms with Gasteiger partial charge in [-0.3, -0.25) is 9.69 Å². The molecule has 0 bridgehead atoms. The largest absolute Gasteiger partial charge is 0.439 e. The number of likely N-dealkylation sites (tertiary alicyclic amines) is 1. The van der Waals surface area contributed by atoms with Crippen molar-refractivity contribution in [2.45, 2.75) is 44.3 Å². The number of benzene rings is 1. The summed E-state index contributed by atoms with van der Waals surface area (Å²) in [5.74, 6) is 1.01. The van der Waals surface area contributed by atoms with Gasteiger partial charge in [0.1, 0.15) is 5.52 Å². The Bertz CT molecular complexity index is 912. The normalized spacial score (nSPS) is 20.7. The maximum Gasteiger partial charge on any atom is 0.292 e. The molecule has 2 fully saturated rings. The molecule has 1 atom stereocenters. The standard InChI is InChI=1S/C18H19N5O3/c24-17(19-11-7-8-11)16-21-18(26-22-16)13-5-3-9-23(13)10-15-20-12-4-1-2-6-14(12)25-15/h1-2,4,6,11,13H,3,5,7-10H2,(H,19,24). The third-order valence-corrected chi connectivity index (χ3v) is 4.88. The van der Waals surface area contributed by atoms with Gasteiger partial charge in [0.05, 0.1) is 12.6 Å². The fraction of sp³-hybridized carbons (Fsp3) is 0.444. The number of hydrogen-bond donors (Lipinski definition) is 1. The molecule has 2 aromatic heterocycles. The molecule has 134 valence electrons. The number of aromatic nitrogens is 3. The van der Waals surface area contributed by atoms with Gasteiger partial charge in [-0.05, 0) is 44.4 Å². The quantitative estimate of drug-likeness (QED) is 0.752. The average Bonchev–Trinajstić information content (AvgIpc) is 3.06. The fourth-order valence-electron chi connectivity index (χ4n) is 3.40. The summed E-state index contributed by atoms with van der Waals surface area (Å²) in [4.78, 5) is 23.1. The smallest absolute Gasteiger partial charge is 0.292 e. The van der Waals surface area contributed by atoms with Crippen LogP contribution in [0.1, 0.15) is 54.1 Å². The van der Waals surface area contributed by atoms with E-state index in [1.54, 1.807) is 0 Å². The Hall–Kier alpha value is -2.74. The third-order valence-electron chi connectivity index (χ3n) is 4.88. The predicted molar refractivity (Wildman–Crippen MR) is 91.2 cm³/mol. The molecule has 8 heteroatoms. The zero-order chi connectivity index (χ0) is 17.5. The van der Waals surface area contributed by atoms with Gasteiger partial charge in [0.25, 0.3) is 11.7 Å². The first-order valence-electron chi connectivity index (χ1n) is 8.99. The van der Waals surface area contributed by atoms with Gasteiger partial charge in [-0.15, -0.1) is 0 Å². The van der Waals surface area contributed by atoms with E-state index < -0.39 is 0 Å². The van der Waals surface area contributed by atoms with Gasteiger partial charge in [-0.2, -0.15) is 4.98 Å². The van der Waals surface area contributed by atoms with Gasteiger partial charge in [0.2, 0.25) is 11.8 Å². The minimum absolute atomic E-state index is 0.0139. The molecular weight excluding hydrogens is 334 g/mol. The van der Waals surface area contributed by atoms with Gasteiger partial charge in [-0.1, -0.05) is 17.3 Å². The maximum atomic E-state index is 12.1. The number of rotatable bonds is 5. The Balaban J connectivity index is 1.32. The molecule has 3 aromatic rings. The number of fused-ring (bicyclic) bond motifs is 1. The van der Waals surface area contributed by atoms with Crippen LogP contribution in [-0.4, -0.2) is 38.5 Å². The van der Waals surface area contributed by atoms with E-state index in [0.717, 1.165) is 43.3 Å². The molecule has 1 N–H and O–H groups in total. The van der Waals surface area contributed by atoms with Crippen LogP contribution in [0.25, 0.3) is 11.1 Å². The van der Waals surface area contributed by atoms with Crippen molar-refractivity contribution in [1.82, 2.24) is 25.3 Å². The lowest BCUT2D eigenvalue weighted by atomic mass is 10.2. The van der Waals surface area contributed by atoms with Crippen LogP contribution in [0.2, 0.25) is 0 Å². The van der Waals surface area contributed by atoms with E-state index in [9.17, 15) is 4.79 Å². The van der Waals surface area contributed by atoms with Crippen molar-refractivity contribution in [1.29, 1.82) is 0 Å². The molecule has 1 unspecified atom stereocenters. The van der Waals surface area contributed by atoms with Crippen LogP contribution >= 0.6 is 0 Å². The second-order valence-corrected chi connectivity index (χ2v) is 6.91. The molecule has 1 aliphatic carbocycles. The van der Waals surface area contributed by atoms with Gasteiger partial charge < -0.3 is 14.3 Å². The molecule has 1 aromatic carbocycles. The van der Waals surface area contributed by atoms with Crippen LogP contribution in [0.5, 0.6) is 0 Å². The Kier molecular flexibility index (Phi) is 3.70. The van der Waals surface area contributed by atoms with E-state index in [1.165, 1.54) is 0 Å². The highest BCUT2D eigenvalue weighted by molar-refractivity contribution is 5.90. The summed E-state index contributed by atoms with van der Waals surface area (Å²) in [5.41, 5.74) is 1.64. The molecule has 1 saturated carbocycles. The van der Waals surface area contributed by atoms with E-state index in [1.807, 2.05) is 24.3 Å². The third kappa shape index (κ3) is 2.96. The van der Waals surface area contributed by atoms with Crippen LogP contribution in [0, 0.1) is 0 Å². The highest BCUT2D eigenvalue weighted by Gasteiger charge is 2.33. The van der Waals surface area contributed by atoms with E-state index in [-0.39, 0.29) is 23.8 Å². The number of nitrogens with zero attached hydrogens (tertiary/aromatic N) is 4. The molecule has 0 spiro atoms. The first-order chi connectivity index (χ1) is 12.8. The van der Waals surface area contributed by atoms with Crippen molar-refractivity contribution in [2.24, 2.45) is 0 Å². The van der Waals surface area contributed by atoms with Crippen molar-refractivity contribution in [3.05, 3.63) is 41.9 Å².